The van der Waals surface area contributed by atoms with E-state index in [9.17, 15) is 9.59 Å². The lowest BCUT2D eigenvalue weighted by Gasteiger charge is -2.21. The number of carboxylic acids is 1. The number of hydrogen-bond acceptors (Lipinski definition) is 2. The SMILES string of the molecule is CC(C)(NC(=O)Cc1ccccc1Cl)C(=O)O. The van der Waals surface area contributed by atoms with Crippen molar-refractivity contribution in [1.29, 1.82) is 0 Å². The molecule has 1 aromatic rings. The van der Waals surface area contributed by atoms with Gasteiger partial charge in [-0.1, -0.05) is 29.8 Å². The Labute approximate surface area is 105 Å². The summed E-state index contributed by atoms with van der Waals surface area (Å²) in [6.07, 6.45) is 0.0659. The fourth-order valence-corrected chi connectivity index (χ4v) is 1.46. The first-order valence-corrected chi connectivity index (χ1v) is 5.48. The Morgan fingerprint density at radius 2 is 1.94 bits per heavy atom. The minimum Gasteiger partial charge on any atom is -0.480 e. The van der Waals surface area contributed by atoms with Crippen LogP contribution in [0.2, 0.25) is 5.02 Å². The summed E-state index contributed by atoms with van der Waals surface area (Å²) in [5, 5.41) is 11.8. The van der Waals surface area contributed by atoms with Crippen LogP contribution < -0.4 is 5.32 Å². The molecule has 0 aliphatic carbocycles. The number of hydrogen-bond donors (Lipinski definition) is 2. The average Bonchev–Trinajstić information content (AvgIpc) is 2.20. The van der Waals surface area contributed by atoms with Crippen molar-refractivity contribution in [3.63, 3.8) is 0 Å². The van der Waals surface area contributed by atoms with Crippen molar-refractivity contribution in [3.8, 4) is 0 Å². The van der Waals surface area contributed by atoms with Gasteiger partial charge < -0.3 is 10.4 Å². The van der Waals surface area contributed by atoms with Crippen LogP contribution in [0.3, 0.4) is 0 Å². The van der Waals surface area contributed by atoms with Gasteiger partial charge in [0.1, 0.15) is 5.54 Å². The fraction of sp³-hybridized carbons (Fsp3) is 0.333. The molecule has 0 saturated carbocycles. The lowest BCUT2D eigenvalue weighted by molar-refractivity contribution is -0.145. The predicted molar refractivity (Wildman–Crippen MR) is 65.0 cm³/mol. The van der Waals surface area contributed by atoms with Gasteiger partial charge in [0, 0.05) is 5.02 Å². The van der Waals surface area contributed by atoms with Gasteiger partial charge >= 0.3 is 5.97 Å². The second-order valence-electron chi connectivity index (χ2n) is 4.25. The normalized spacial score (nSPS) is 11.0. The van der Waals surface area contributed by atoms with E-state index in [2.05, 4.69) is 5.32 Å². The van der Waals surface area contributed by atoms with E-state index in [-0.39, 0.29) is 12.3 Å². The molecule has 0 bridgehead atoms. The first-order valence-electron chi connectivity index (χ1n) is 5.11. The molecule has 1 amide bonds. The maximum absolute atomic E-state index is 11.7. The van der Waals surface area contributed by atoms with Crippen molar-refractivity contribution in [3.05, 3.63) is 34.9 Å². The van der Waals surface area contributed by atoms with Crippen molar-refractivity contribution < 1.29 is 14.7 Å². The third-order valence-corrected chi connectivity index (χ3v) is 2.66. The largest absolute Gasteiger partial charge is 0.480 e. The molecule has 0 saturated heterocycles. The standard InChI is InChI=1S/C12H14ClNO3/c1-12(2,11(16)17)14-10(15)7-8-5-3-4-6-9(8)13/h3-6H,7H2,1-2H3,(H,14,15)(H,16,17). The lowest BCUT2D eigenvalue weighted by Crippen LogP contribution is -2.50. The number of carboxylic acid groups (broad SMARTS) is 1. The number of nitrogens with one attached hydrogen (secondary N) is 1. The molecule has 0 spiro atoms. The number of aliphatic carboxylic acids is 1. The van der Waals surface area contributed by atoms with E-state index in [1.165, 1.54) is 13.8 Å². The van der Waals surface area contributed by atoms with Gasteiger partial charge in [0.25, 0.3) is 0 Å². The molecule has 0 atom stereocenters. The van der Waals surface area contributed by atoms with Crippen LogP contribution >= 0.6 is 11.6 Å². The smallest absolute Gasteiger partial charge is 0.328 e. The van der Waals surface area contributed by atoms with Gasteiger partial charge in [-0.3, -0.25) is 4.79 Å². The molecule has 0 aliphatic rings. The molecule has 92 valence electrons. The van der Waals surface area contributed by atoms with E-state index in [0.29, 0.717) is 10.6 Å². The van der Waals surface area contributed by atoms with Gasteiger partial charge in [-0.25, -0.2) is 4.79 Å². The van der Waals surface area contributed by atoms with Crippen molar-refractivity contribution in [2.75, 3.05) is 0 Å². The predicted octanol–water partition coefficient (Wildman–Crippen LogP) is 1.86. The maximum Gasteiger partial charge on any atom is 0.328 e. The molecular weight excluding hydrogens is 242 g/mol. The third kappa shape index (κ3) is 3.75. The molecule has 0 aromatic heterocycles. The molecule has 0 heterocycles. The van der Waals surface area contributed by atoms with Crippen molar-refractivity contribution in [2.24, 2.45) is 0 Å². The van der Waals surface area contributed by atoms with Gasteiger partial charge in [0.05, 0.1) is 6.42 Å². The molecule has 17 heavy (non-hydrogen) atoms. The van der Waals surface area contributed by atoms with Crippen LogP contribution in [0.5, 0.6) is 0 Å². The first-order chi connectivity index (χ1) is 7.83. The number of benzene rings is 1. The third-order valence-electron chi connectivity index (χ3n) is 2.30. The number of carbonyl (C=O) groups excluding carboxylic acids is 1. The summed E-state index contributed by atoms with van der Waals surface area (Å²) in [6, 6.07) is 6.96. The Balaban J connectivity index is 2.69. The van der Waals surface area contributed by atoms with Crippen molar-refractivity contribution >= 4 is 23.5 Å². The summed E-state index contributed by atoms with van der Waals surface area (Å²) < 4.78 is 0. The Hall–Kier alpha value is -1.55. The molecule has 1 rings (SSSR count). The fourth-order valence-electron chi connectivity index (χ4n) is 1.26. The Morgan fingerprint density at radius 1 is 1.35 bits per heavy atom. The maximum atomic E-state index is 11.7. The van der Waals surface area contributed by atoms with Gasteiger partial charge in [-0.2, -0.15) is 0 Å². The second-order valence-corrected chi connectivity index (χ2v) is 4.65. The average molecular weight is 256 g/mol. The van der Waals surface area contributed by atoms with Crippen LogP contribution in [0.15, 0.2) is 24.3 Å². The molecule has 0 aliphatic heterocycles. The second kappa shape index (κ2) is 5.19. The van der Waals surface area contributed by atoms with Crippen molar-refractivity contribution in [2.45, 2.75) is 25.8 Å². The van der Waals surface area contributed by atoms with Gasteiger partial charge in [-0.15, -0.1) is 0 Å². The summed E-state index contributed by atoms with van der Waals surface area (Å²) >= 11 is 5.91. The highest BCUT2D eigenvalue weighted by atomic mass is 35.5. The zero-order valence-corrected chi connectivity index (χ0v) is 10.4. The van der Waals surface area contributed by atoms with Gasteiger partial charge in [0.15, 0.2) is 0 Å². The number of halogens is 1. The van der Waals surface area contributed by atoms with E-state index >= 15 is 0 Å². The highest BCUT2D eigenvalue weighted by molar-refractivity contribution is 6.31. The van der Waals surface area contributed by atoms with Crippen LogP contribution in [0.1, 0.15) is 19.4 Å². The van der Waals surface area contributed by atoms with E-state index in [1.807, 2.05) is 0 Å². The summed E-state index contributed by atoms with van der Waals surface area (Å²) in [4.78, 5) is 22.5. The topological polar surface area (TPSA) is 66.4 Å². The summed E-state index contributed by atoms with van der Waals surface area (Å²) in [5.74, 6) is -1.45. The lowest BCUT2D eigenvalue weighted by atomic mass is 10.1. The number of carbonyl (C=O) groups is 2. The molecule has 0 fully saturated rings. The van der Waals surface area contributed by atoms with Crippen LogP contribution in [0.4, 0.5) is 0 Å². The van der Waals surface area contributed by atoms with Crippen LogP contribution in [0, 0.1) is 0 Å². The number of rotatable bonds is 4. The van der Waals surface area contributed by atoms with E-state index in [4.69, 9.17) is 16.7 Å². The molecule has 0 unspecified atom stereocenters. The monoisotopic (exact) mass is 255 g/mol. The van der Waals surface area contributed by atoms with E-state index < -0.39 is 11.5 Å². The molecule has 1 aromatic carbocycles. The highest BCUT2D eigenvalue weighted by Crippen LogP contribution is 2.15. The zero-order valence-electron chi connectivity index (χ0n) is 9.66. The Kier molecular flexibility index (Phi) is 4.12. The van der Waals surface area contributed by atoms with E-state index in [0.717, 1.165) is 0 Å². The highest BCUT2D eigenvalue weighted by Gasteiger charge is 2.28. The van der Waals surface area contributed by atoms with Crippen LogP contribution in [-0.2, 0) is 16.0 Å². The molecule has 2 N–H and O–H groups in total. The quantitative estimate of drug-likeness (QED) is 0.863. The van der Waals surface area contributed by atoms with Crippen LogP contribution in [0.25, 0.3) is 0 Å². The molecule has 4 nitrogen and oxygen atoms in total. The Morgan fingerprint density at radius 3 is 2.47 bits per heavy atom. The number of amides is 1. The molecular formula is C12H14ClNO3. The first kappa shape index (κ1) is 13.5. The molecule has 0 radical (unpaired) electrons. The van der Waals surface area contributed by atoms with Gasteiger partial charge in [-0.05, 0) is 25.5 Å². The van der Waals surface area contributed by atoms with Gasteiger partial charge in [0.2, 0.25) is 5.91 Å². The zero-order chi connectivity index (χ0) is 13.1. The minimum absolute atomic E-state index is 0.0659. The van der Waals surface area contributed by atoms with E-state index in [1.54, 1.807) is 24.3 Å². The Bertz CT molecular complexity index is 443. The van der Waals surface area contributed by atoms with Crippen molar-refractivity contribution in [1.82, 2.24) is 5.32 Å². The summed E-state index contributed by atoms with van der Waals surface area (Å²) in [5.41, 5.74) is -0.605. The summed E-state index contributed by atoms with van der Waals surface area (Å²) in [6.45, 7) is 2.86. The van der Waals surface area contributed by atoms with Crippen LogP contribution in [-0.4, -0.2) is 22.5 Å². The minimum atomic E-state index is -1.28. The summed E-state index contributed by atoms with van der Waals surface area (Å²) in [7, 11) is 0. The molecule has 5 heteroatoms.